The highest BCUT2D eigenvalue weighted by atomic mass is 16.4. The third kappa shape index (κ3) is 3.69. The second kappa shape index (κ2) is 6.53. The van der Waals surface area contributed by atoms with Crippen molar-refractivity contribution in [1.29, 1.82) is 0 Å². The van der Waals surface area contributed by atoms with Crippen molar-refractivity contribution in [2.75, 3.05) is 33.2 Å². The molecule has 0 aliphatic carbocycles. The normalized spacial score (nSPS) is 22.1. The summed E-state index contributed by atoms with van der Waals surface area (Å²) >= 11 is 0. The Hall–Kier alpha value is -0.610. The Labute approximate surface area is 111 Å². The van der Waals surface area contributed by atoms with Crippen LogP contribution < -0.4 is 0 Å². The fourth-order valence-electron chi connectivity index (χ4n) is 2.69. The Morgan fingerprint density at radius 3 is 2.33 bits per heavy atom. The molecule has 4 nitrogen and oxygen atoms in total. The molecule has 0 amide bonds. The minimum atomic E-state index is -0.678. The van der Waals surface area contributed by atoms with Gasteiger partial charge in [0, 0.05) is 12.6 Å². The summed E-state index contributed by atoms with van der Waals surface area (Å²) in [5.74, 6) is -0.678. The molecule has 18 heavy (non-hydrogen) atoms. The number of piperidine rings is 1. The molecule has 0 aromatic carbocycles. The molecule has 1 unspecified atom stereocenters. The van der Waals surface area contributed by atoms with Crippen LogP contribution in [0.15, 0.2) is 0 Å². The van der Waals surface area contributed by atoms with Gasteiger partial charge < -0.3 is 14.9 Å². The van der Waals surface area contributed by atoms with Crippen molar-refractivity contribution >= 4 is 5.97 Å². The Balaban J connectivity index is 2.50. The van der Waals surface area contributed by atoms with Crippen LogP contribution in [-0.4, -0.2) is 60.1 Å². The highest BCUT2D eigenvalue weighted by molar-refractivity contribution is 5.74. The van der Waals surface area contributed by atoms with E-state index in [0.717, 1.165) is 32.5 Å². The van der Waals surface area contributed by atoms with E-state index < -0.39 is 11.4 Å². The van der Waals surface area contributed by atoms with E-state index in [0.29, 0.717) is 19.0 Å². The fourth-order valence-corrected chi connectivity index (χ4v) is 2.69. The Bertz CT molecular complexity index is 275. The maximum atomic E-state index is 11.3. The minimum absolute atomic E-state index is 0.540. The lowest BCUT2D eigenvalue weighted by Crippen LogP contribution is -2.48. The van der Waals surface area contributed by atoms with Crippen molar-refractivity contribution in [1.82, 2.24) is 9.80 Å². The Kier molecular flexibility index (Phi) is 5.60. The van der Waals surface area contributed by atoms with Crippen LogP contribution in [0.5, 0.6) is 0 Å². The molecule has 1 aliphatic heterocycles. The molecule has 1 aliphatic rings. The van der Waals surface area contributed by atoms with Crippen LogP contribution in [0.25, 0.3) is 0 Å². The second-order valence-corrected chi connectivity index (χ2v) is 5.80. The van der Waals surface area contributed by atoms with Gasteiger partial charge in [-0.15, -0.1) is 0 Å². The predicted molar refractivity (Wildman–Crippen MR) is 73.8 cm³/mol. The summed E-state index contributed by atoms with van der Waals surface area (Å²) in [5, 5.41) is 9.32. The van der Waals surface area contributed by atoms with E-state index in [-0.39, 0.29) is 0 Å². The van der Waals surface area contributed by atoms with E-state index in [1.165, 1.54) is 0 Å². The number of hydrogen-bond acceptors (Lipinski definition) is 3. The standard InChI is InChI=1S/C14H28N2O2/c1-5-14(3,13(17)18)11-15(4)12-7-9-16(6-2)10-8-12/h12H,5-11H2,1-4H3,(H,17,18). The first-order valence-electron chi connectivity index (χ1n) is 7.09. The lowest BCUT2D eigenvalue weighted by molar-refractivity contribution is -0.149. The molecule has 0 bridgehead atoms. The molecular weight excluding hydrogens is 228 g/mol. The first-order chi connectivity index (χ1) is 8.42. The molecular formula is C14H28N2O2. The van der Waals surface area contributed by atoms with Gasteiger partial charge in [0.25, 0.3) is 0 Å². The molecule has 106 valence electrons. The van der Waals surface area contributed by atoms with Crippen molar-refractivity contribution in [2.45, 2.75) is 46.1 Å². The number of rotatable bonds is 6. The number of carboxylic acid groups (broad SMARTS) is 1. The van der Waals surface area contributed by atoms with E-state index in [4.69, 9.17) is 0 Å². The average molecular weight is 256 g/mol. The molecule has 1 rings (SSSR count). The van der Waals surface area contributed by atoms with Crippen molar-refractivity contribution in [3.05, 3.63) is 0 Å². The highest BCUT2D eigenvalue weighted by Gasteiger charge is 2.34. The SMILES string of the molecule is CCN1CCC(N(C)CC(C)(CC)C(=O)O)CC1. The maximum absolute atomic E-state index is 11.3. The van der Waals surface area contributed by atoms with Gasteiger partial charge in [0.2, 0.25) is 0 Å². The van der Waals surface area contributed by atoms with E-state index in [9.17, 15) is 9.90 Å². The number of carbonyl (C=O) groups is 1. The largest absolute Gasteiger partial charge is 0.481 e. The molecule has 0 aromatic rings. The van der Waals surface area contributed by atoms with E-state index in [2.05, 4.69) is 23.8 Å². The summed E-state index contributed by atoms with van der Waals surface area (Å²) in [5.41, 5.74) is -0.614. The molecule has 0 saturated carbocycles. The summed E-state index contributed by atoms with van der Waals surface area (Å²) in [6.45, 7) is 10.1. The van der Waals surface area contributed by atoms with Crippen molar-refractivity contribution < 1.29 is 9.90 Å². The Morgan fingerprint density at radius 2 is 1.94 bits per heavy atom. The van der Waals surface area contributed by atoms with Gasteiger partial charge in [-0.1, -0.05) is 13.8 Å². The van der Waals surface area contributed by atoms with Gasteiger partial charge in [0.1, 0.15) is 0 Å². The summed E-state index contributed by atoms with van der Waals surface area (Å²) in [4.78, 5) is 16.0. The average Bonchev–Trinajstić information content (AvgIpc) is 2.38. The van der Waals surface area contributed by atoms with E-state index in [1.54, 1.807) is 0 Å². The summed E-state index contributed by atoms with van der Waals surface area (Å²) in [6.07, 6.45) is 2.99. The zero-order valence-corrected chi connectivity index (χ0v) is 12.3. The first-order valence-corrected chi connectivity index (χ1v) is 7.09. The number of carboxylic acids is 1. The van der Waals surface area contributed by atoms with Gasteiger partial charge in [-0.3, -0.25) is 4.79 Å². The van der Waals surface area contributed by atoms with Crippen LogP contribution in [0.2, 0.25) is 0 Å². The van der Waals surface area contributed by atoms with Crippen LogP contribution in [0.4, 0.5) is 0 Å². The van der Waals surface area contributed by atoms with E-state index in [1.807, 2.05) is 13.8 Å². The second-order valence-electron chi connectivity index (χ2n) is 5.80. The molecule has 0 spiro atoms. The fraction of sp³-hybridized carbons (Fsp3) is 0.929. The number of likely N-dealkylation sites (tertiary alicyclic amines) is 1. The van der Waals surface area contributed by atoms with Gasteiger partial charge in [-0.25, -0.2) is 0 Å². The molecule has 0 radical (unpaired) electrons. The van der Waals surface area contributed by atoms with Gasteiger partial charge in [0.05, 0.1) is 5.41 Å². The third-order valence-electron chi connectivity index (χ3n) is 4.52. The lowest BCUT2D eigenvalue weighted by atomic mass is 9.86. The van der Waals surface area contributed by atoms with Crippen molar-refractivity contribution in [3.63, 3.8) is 0 Å². The monoisotopic (exact) mass is 256 g/mol. The molecule has 1 N–H and O–H groups in total. The van der Waals surface area contributed by atoms with Crippen LogP contribution >= 0.6 is 0 Å². The van der Waals surface area contributed by atoms with Gasteiger partial charge in [-0.2, -0.15) is 0 Å². The van der Waals surface area contributed by atoms with Crippen LogP contribution in [0, 0.1) is 5.41 Å². The summed E-state index contributed by atoms with van der Waals surface area (Å²) in [6, 6.07) is 0.540. The summed E-state index contributed by atoms with van der Waals surface area (Å²) in [7, 11) is 2.07. The van der Waals surface area contributed by atoms with Gasteiger partial charge >= 0.3 is 5.97 Å². The van der Waals surface area contributed by atoms with E-state index >= 15 is 0 Å². The van der Waals surface area contributed by atoms with Gasteiger partial charge in [0.15, 0.2) is 0 Å². The van der Waals surface area contributed by atoms with Crippen LogP contribution in [-0.2, 0) is 4.79 Å². The molecule has 1 saturated heterocycles. The molecule has 4 heteroatoms. The van der Waals surface area contributed by atoms with Crippen LogP contribution in [0.1, 0.15) is 40.0 Å². The third-order valence-corrected chi connectivity index (χ3v) is 4.52. The van der Waals surface area contributed by atoms with Crippen molar-refractivity contribution in [2.24, 2.45) is 5.41 Å². The number of nitrogens with zero attached hydrogens (tertiary/aromatic N) is 2. The topological polar surface area (TPSA) is 43.8 Å². The lowest BCUT2D eigenvalue weighted by Gasteiger charge is -2.39. The molecule has 1 fully saturated rings. The maximum Gasteiger partial charge on any atom is 0.310 e. The minimum Gasteiger partial charge on any atom is -0.481 e. The predicted octanol–water partition coefficient (Wildman–Crippen LogP) is 1.90. The van der Waals surface area contributed by atoms with Crippen LogP contribution in [0.3, 0.4) is 0 Å². The number of aliphatic carboxylic acids is 1. The smallest absolute Gasteiger partial charge is 0.310 e. The molecule has 0 aromatic heterocycles. The highest BCUT2D eigenvalue weighted by Crippen LogP contribution is 2.25. The zero-order valence-electron chi connectivity index (χ0n) is 12.3. The first kappa shape index (κ1) is 15.4. The quantitative estimate of drug-likeness (QED) is 0.788. The van der Waals surface area contributed by atoms with Gasteiger partial charge in [-0.05, 0) is 52.9 Å². The zero-order chi connectivity index (χ0) is 13.8. The van der Waals surface area contributed by atoms with Crippen molar-refractivity contribution in [3.8, 4) is 0 Å². The molecule has 1 heterocycles. The molecule has 1 atom stereocenters. The number of hydrogen-bond donors (Lipinski definition) is 1. The summed E-state index contributed by atoms with van der Waals surface area (Å²) < 4.78 is 0. The Morgan fingerprint density at radius 1 is 1.39 bits per heavy atom.